The molecule has 0 atom stereocenters. The highest BCUT2D eigenvalue weighted by molar-refractivity contribution is 5.05. The van der Waals surface area contributed by atoms with Crippen LogP contribution in [0.5, 0.6) is 0 Å². The molecule has 2 rings (SSSR count). The smallest absolute Gasteiger partial charge is 0.171 e. The molecule has 2 bridgehead atoms. The Balaban J connectivity index is 1.87. The molecule has 0 unspecified atom stereocenters. The number of allylic oxidation sites excluding steroid dienone is 2. The summed E-state index contributed by atoms with van der Waals surface area (Å²) >= 11 is 0. The first kappa shape index (κ1) is 14.3. The number of aryl methyl sites for hydroxylation is 2. The zero-order valence-electron chi connectivity index (χ0n) is 12.2. The van der Waals surface area contributed by atoms with E-state index in [2.05, 4.69) is 41.2 Å². The van der Waals surface area contributed by atoms with Crippen molar-refractivity contribution in [3.8, 4) is 0 Å². The van der Waals surface area contributed by atoms with Gasteiger partial charge in [0, 0.05) is 18.1 Å². The lowest BCUT2D eigenvalue weighted by atomic mass is 10.1. The number of hydrogen-bond donors (Lipinski definition) is 0. The first-order chi connectivity index (χ1) is 9.45. The van der Waals surface area contributed by atoms with E-state index in [9.17, 15) is 0 Å². The van der Waals surface area contributed by atoms with E-state index in [-0.39, 0.29) is 0 Å². The second-order valence-electron chi connectivity index (χ2n) is 5.72. The molecule has 104 valence electrons. The molecule has 1 nitrogen and oxygen atoms in total. The van der Waals surface area contributed by atoms with Gasteiger partial charge in [-0.1, -0.05) is 25.0 Å². The maximum absolute atomic E-state index is 2.39. The Kier molecular flexibility index (Phi) is 6.70. The molecular formula is C18H28N+. The number of pyridine rings is 1. The summed E-state index contributed by atoms with van der Waals surface area (Å²) in [5.41, 5.74) is 1.51. The van der Waals surface area contributed by atoms with Crippen LogP contribution in [0.1, 0.15) is 63.4 Å². The van der Waals surface area contributed by atoms with Crippen LogP contribution in [0.25, 0.3) is 0 Å². The molecule has 2 heterocycles. The van der Waals surface area contributed by atoms with E-state index in [1.807, 2.05) is 0 Å². The van der Waals surface area contributed by atoms with Crippen molar-refractivity contribution in [1.82, 2.24) is 0 Å². The fourth-order valence-corrected chi connectivity index (χ4v) is 2.78. The van der Waals surface area contributed by atoms with Gasteiger partial charge in [-0.05, 0) is 51.0 Å². The van der Waals surface area contributed by atoms with Crippen LogP contribution in [0.4, 0.5) is 0 Å². The van der Waals surface area contributed by atoms with Gasteiger partial charge in [-0.25, -0.2) is 4.57 Å². The number of aromatic nitrogens is 1. The molecule has 0 saturated carbocycles. The molecule has 0 fully saturated rings. The quantitative estimate of drug-likeness (QED) is 0.473. The summed E-state index contributed by atoms with van der Waals surface area (Å²) in [7, 11) is 0. The second kappa shape index (κ2) is 8.90. The van der Waals surface area contributed by atoms with E-state index in [4.69, 9.17) is 0 Å². The molecule has 0 radical (unpaired) electrons. The largest absolute Gasteiger partial charge is 0.205 e. The van der Waals surface area contributed by atoms with Gasteiger partial charge < -0.3 is 0 Å². The van der Waals surface area contributed by atoms with Gasteiger partial charge in [-0.15, -0.1) is 0 Å². The van der Waals surface area contributed by atoms with Crippen LogP contribution in [-0.4, -0.2) is 0 Å². The molecular weight excluding hydrogens is 230 g/mol. The van der Waals surface area contributed by atoms with E-state index < -0.39 is 0 Å². The van der Waals surface area contributed by atoms with Crippen LogP contribution in [-0.2, 0) is 13.0 Å². The van der Waals surface area contributed by atoms with Crippen LogP contribution in [0.2, 0.25) is 0 Å². The summed E-state index contributed by atoms with van der Waals surface area (Å²) in [5.74, 6) is 0. The Labute approximate surface area is 118 Å². The predicted octanol–water partition coefficient (Wildman–Crippen LogP) is 4.60. The van der Waals surface area contributed by atoms with Gasteiger partial charge in [0.2, 0.25) is 0 Å². The van der Waals surface area contributed by atoms with Crippen molar-refractivity contribution in [2.24, 2.45) is 0 Å². The summed E-state index contributed by atoms with van der Waals surface area (Å²) < 4.78 is 2.37. The summed E-state index contributed by atoms with van der Waals surface area (Å²) in [6.07, 6.45) is 22.6. The average molecular weight is 258 g/mol. The monoisotopic (exact) mass is 258 g/mol. The van der Waals surface area contributed by atoms with Crippen LogP contribution < -0.4 is 4.57 Å². The second-order valence-corrected chi connectivity index (χ2v) is 5.72. The first-order valence-electron chi connectivity index (χ1n) is 8.08. The number of hydrogen-bond acceptors (Lipinski definition) is 0. The van der Waals surface area contributed by atoms with Crippen molar-refractivity contribution >= 4 is 0 Å². The number of rotatable bonds is 0. The fourth-order valence-electron chi connectivity index (χ4n) is 2.78. The van der Waals surface area contributed by atoms with E-state index in [0.717, 1.165) is 0 Å². The minimum Gasteiger partial charge on any atom is -0.205 e. The van der Waals surface area contributed by atoms with Crippen LogP contribution in [0.15, 0.2) is 36.7 Å². The van der Waals surface area contributed by atoms with Crippen molar-refractivity contribution in [3.63, 3.8) is 0 Å². The Morgan fingerprint density at radius 3 is 2.37 bits per heavy atom. The maximum Gasteiger partial charge on any atom is 0.171 e. The highest BCUT2D eigenvalue weighted by Gasteiger charge is 2.03. The maximum atomic E-state index is 2.39. The topological polar surface area (TPSA) is 3.88 Å². The molecule has 1 aromatic rings. The third kappa shape index (κ3) is 6.04. The molecule has 0 aromatic carbocycles. The molecule has 0 N–H and O–H groups in total. The molecule has 0 amide bonds. The highest BCUT2D eigenvalue weighted by atomic mass is 14.9. The molecule has 0 aliphatic carbocycles. The van der Waals surface area contributed by atoms with Gasteiger partial charge in [0.25, 0.3) is 0 Å². The van der Waals surface area contributed by atoms with Gasteiger partial charge >= 0.3 is 0 Å². The molecule has 1 aliphatic heterocycles. The molecule has 1 aliphatic rings. The van der Waals surface area contributed by atoms with Crippen molar-refractivity contribution in [1.29, 1.82) is 0 Å². The van der Waals surface area contributed by atoms with Gasteiger partial charge in [0.15, 0.2) is 12.4 Å². The Morgan fingerprint density at radius 2 is 1.53 bits per heavy atom. The third-order valence-corrected chi connectivity index (χ3v) is 3.96. The minimum absolute atomic E-state index is 1.18. The standard InChI is InChI=1S/C18H28N/c1-2-4-6-8-10-13-18-14-12-16-19(17-18)15-11-9-7-5-3-1/h1,3,12,14,16-17H,2,4-11,13,15H2/q+1. The van der Waals surface area contributed by atoms with E-state index in [0.29, 0.717) is 0 Å². The zero-order chi connectivity index (χ0) is 13.2. The SMILES string of the molecule is C1=CCCCCC[n+]2cccc(c2)CCCCCC1. The predicted molar refractivity (Wildman–Crippen MR) is 81.0 cm³/mol. The summed E-state index contributed by atoms with van der Waals surface area (Å²) in [4.78, 5) is 0. The lowest BCUT2D eigenvalue weighted by molar-refractivity contribution is -0.697. The molecule has 1 aromatic heterocycles. The van der Waals surface area contributed by atoms with Crippen molar-refractivity contribution < 1.29 is 4.57 Å². The van der Waals surface area contributed by atoms with E-state index in [1.54, 1.807) is 0 Å². The van der Waals surface area contributed by atoms with Crippen LogP contribution >= 0.6 is 0 Å². The number of fused-ring (bicyclic) bond motifs is 2. The lowest BCUT2D eigenvalue weighted by Crippen LogP contribution is -2.33. The normalized spacial score (nSPS) is 19.2. The first-order valence-corrected chi connectivity index (χ1v) is 8.08. The Bertz CT molecular complexity index is 381. The fraction of sp³-hybridized carbons (Fsp3) is 0.611. The van der Waals surface area contributed by atoms with Crippen LogP contribution in [0.3, 0.4) is 0 Å². The summed E-state index contributed by atoms with van der Waals surface area (Å²) in [6, 6.07) is 4.49. The van der Waals surface area contributed by atoms with Crippen molar-refractivity contribution in [2.45, 2.75) is 70.8 Å². The molecule has 1 heteroatoms. The third-order valence-electron chi connectivity index (χ3n) is 3.96. The molecule has 19 heavy (non-hydrogen) atoms. The highest BCUT2D eigenvalue weighted by Crippen LogP contribution is 2.09. The van der Waals surface area contributed by atoms with Crippen molar-refractivity contribution in [2.75, 3.05) is 0 Å². The van der Waals surface area contributed by atoms with Gasteiger partial charge in [-0.3, -0.25) is 0 Å². The minimum atomic E-state index is 1.18. The summed E-state index contributed by atoms with van der Waals surface area (Å²) in [5, 5.41) is 0. The van der Waals surface area contributed by atoms with Gasteiger partial charge in [-0.2, -0.15) is 0 Å². The number of nitrogens with zero attached hydrogens (tertiary/aromatic N) is 1. The van der Waals surface area contributed by atoms with Crippen LogP contribution in [0, 0.1) is 0 Å². The van der Waals surface area contributed by atoms with Gasteiger partial charge in [0.05, 0.1) is 0 Å². The Morgan fingerprint density at radius 1 is 0.789 bits per heavy atom. The Hall–Kier alpha value is -1.11. The van der Waals surface area contributed by atoms with Gasteiger partial charge in [0.1, 0.15) is 6.54 Å². The van der Waals surface area contributed by atoms with E-state index >= 15 is 0 Å². The average Bonchev–Trinajstić information content (AvgIpc) is 2.43. The zero-order valence-corrected chi connectivity index (χ0v) is 12.2. The molecule has 0 saturated heterocycles. The summed E-state index contributed by atoms with van der Waals surface area (Å²) in [6.45, 7) is 1.18. The molecule has 0 spiro atoms. The van der Waals surface area contributed by atoms with E-state index in [1.165, 1.54) is 76.3 Å². The van der Waals surface area contributed by atoms with Crippen molar-refractivity contribution in [3.05, 3.63) is 42.2 Å². The lowest BCUT2D eigenvalue weighted by Gasteiger charge is -2.03.